The molecule has 0 saturated carbocycles. The Morgan fingerprint density at radius 1 is 1.31 bits per heavy atom. The van der Waals surface area contributed by atoms with E-state index in [1.54, 1.807) is 0 Å². The number of Topliss-reactive ketones (excluding diaryl/α,β-unsaturated/α-hetero) is 1. The van der Waals surface area contributed by atoms with Crippen molar-refractivity contribution in [2.24, 2.45) is 5.92 Å². The van der Waals surface area contributed by atoms with E-state index in [9.17, 15) is 4.79 Å². The molecule has 0 amide bonds. The van der Waals surface area contributed by atoms with Crippen molar-refractivity contribution in [2.45, 2.75) is 32.9 Å². The Labute approximate surface area is 97.3 Å². The summed E-state index contributed by atoms with van der Waals surface area (Å²) < 4.78 is 0. The van der Waals surface area contributed by atoms with Crippen LogP contribution in [0.25, 0.3) is 0 Å². The van der Waals surface area contributed by atoms with Crippen LogP contribution < -0.4 is 0 Å². The fraction of sp³-hybridized carbons (Fsp3) is 0.500. The van der Waals surface area contributed by atoms with Crippen LogP contribution in [0.1, 0.15) is 25.0 Å². The lowest BCUT2D eigenvalue weighted by Crippen LogP contribution is -2.44. The Kier molecular flexibility index (Phi) is 3.10. The summed E-state index contributed by atoms with van der Waals surface area (Å²) in [6, 6.07) is 8.48. The number of benzene rings is 1. The molecule has 0 fully saturated rings. The quantitative estimate of drug-likeness (QED) is 0.757. The van der Waals surface area contributed by atoms with Crippen LogP contribution in [0.3, 0.4) is 0 Å². The molecular weight excluding hydrogens is 198 g/mol. The summed E-state index contributed by atoms with van der Waals surface area (Å²) in [7, 11) is 2.04. The second-order valence-electron chi connectivity index (χ2n) is 4.96. The molecule has 1 unspecified atom stereocenters. The molecule has 0 aromatic heterocycles. The van der Waals surface area contributed by atoms with Crippen LogP contribution in [-0.2, 0) is 17.8 Å². The van der Waals surface area contributed by atoms with Gasteiger partial charge >= 0.3 is 0 Å². The third-order valence-corrected chi connectivity index (χ3v) is 3.38. The zero-order chi connectivity index (χ0) is 11.7. The van der Waals surface area contributed by atoms with Gasteiger partial charge in [-0.05, 0) is 24.6 Å². The molecule has 0 N–H and O–H groups in total. The minimum Gasteiger partial charge on any atom is -0.298 e. The molecule has 16 heavy (non-hydrogen) atoms. The van der Waals surface area contributed by atoms with Gasteiger partial charge in [0, 0.05) is 12.5 Å². The summed E-state index contributed by atoms with van der Waals surface area (Å²) in [4.78, 5) is 14.2. The Bertz CT molecular complexity index is 397. The van der Waals surface area contributed by atoms with Crippen LogP contribution in [0.15, 0.2) is 24.3 Å². The SMILES string of the molecule is CC(C)C(=O)C1Cc2ccccc2CN1C. The van der Waals surface area contributed by atoms with Gasteiger partial charge in [0.15, 0.2) is 5.78 Å². The largest absolute Gasteiger partial charge is 0.298 e. The molecular formula is C14H19NO. The second-order valence-corrected chi connectivity index (χ2v) is 4.96. The molecule has 0 saturated heterocycles. The number of nitrogens with zero attached hydrogens (tertiary/aromatic N) is 1. The molecule has 0 spiro atoms. The standard InChI is InChI=1S/C14H19NO/c1-10(2)14(16)13-8-11-6-4-5-7-12(11)9-15(13)3/h4-7,10,13H,8-9H2,1-3H3. The Hall–Kier alpha value is -1.15. The highest BCUT2D eigenvalue weighted by molar-refractivity contribution is 5.86. The lowest BCUT2D eigenvalue weighted by Gasteiger charge is -2.33. The van der Waals surface area contributed by atoms with E-state index in [0.717, 1.165) is 13.0 Å². The van der Waals surface area contributed by atoms with E-state index in [0.29, 0.717) is 5.78 Å². The van der Waals surface area contributed by atoms with E-state index in [1.165, 1.54) is 11.1 Å². The topological polar surface area (TPSA) is 20.3 Å². The van der Waals surface area contributed by atoms with Gasteiger partial charge in [-0.25, -0.2) is 0 Å². The van der Waals surface area contributed by atoms with Crippen LogP contribution in [0.2, 0.25) is 0 Å². The lowest BCUT2D eigenvalue weighted by atomic mass is 9.89. The molecule has 86 valence electrons. The van der Waals surface area contributed by atoms with Crippen molar-refractivity contribution in [1.82, 2.24) is 4.90 Å². The molecule has 2 rings (SSSR count). The molecule has 0 radical (unpaired) electrons. The number of likely N-dealkylation sites (N-methyl/N-ethyl adjacent to an activating group) is 1. The molecule has 1 aromatic carbocycles. The summed E-state index contributed by atoms with van der Waals surface area (Å²) in [5.74, 6) is 0.481. The Morgan fingerprint density at radius 2 is 1.94 bits per heavy atom. The van der Waals surface area contributed by atoms with Crippen molar-refractivity contribution in [3.05, 3.63) is 35.4 Å². The lowest BCUT2D eigenvalue weighted by molar-refractivity contribution is -0.127. The van der Waals surface area contributed by atoms with Crippen molar-refractivity contribution in [1.29, 1.82) is 0 Å². The number of rotatable bonds is 2. The average molecular weight is 217 g/mol. The van der Waals surface area contributed by atoms with E-state index in [-0.39, 0.29) is 12.0 Å². The molecule has 1 aromatic rings. The zero-order valence-electron chi connectivity index (χ0n) is 10.2. The third kappa shape index (κ3) is 2.03. The monoisotopic (exact) mass is 217 g/mol. The van der Waals surface area contributed by atoms with Gasteiger partial charge in [0.25, 0.3) is 0 Å². The van der Waals surface area contributed by atoms with E-state index in [1.807, 2.05) is 20.9 Å². The van der Waals surface area contributed by atoms with Gasteiger partial charge in [-0.2, -0.15) is 0 Å². The fourth-order valence-electron chi connectivity index (χ4n) is 2.36. The molecule has 2 nitrogen and oxygen atoms in total. The summed E-state index contributed by atoms with van der Waals surface area (Å²) >= 11 is 0. The van der Waals surface area contributed by atoms with Gasteiger partial charge in [0.2, 0.25) is 0 Å². The van der Waals surface area contributed by atoms with Crippen molar-refractivity contribution >= 4 is 5.78 Å². The maximum Gasteiger partial charge on any atom is 0.152 e. The number of fused-ring (bicyclic) bond motifs is 1. The van der Waals surface area contributed by atoms with Crippen LogP contribution >= 0.6 is 0 Å². The van der Waals surface area contributed by atoms with Crippen LogP contribution in [0.4, 0.5) is 0 Å². The summed E-state index contributed by atoms with van der Waals surface area (Å²) in [5.41, 5.74) is 2.69. The van der Waals surface area contributed by atoms with Crippen LogP contribution in [-0.4, -0.2) is 23.8 Å². The third-order valence-electron chi connectivity index (χ3n) is 3.38. The van der Waals surface area contributed by atoms with Crippen molar-refractivity contribution in [3.8, 4) is 0 Å². The fourth-order valence-corrected chi connectivity index (χ4v) is 2.36. The number of hydrogen-bond acceptors (Lipinski definition) is 2. The molecule has 1 aliphatic heterocycles. The average Bonchev–Trinajstić information content (AvgIpc) is 2.27. The van der Waals surface area contributed by atoms with Crippen molar-refractivity contribution < 1.29 is 4.79 Å². The Morgan fingerprint density at radius 3 is 2.56 bits per heavy atom. The van der Waals surface area contributed by atoms with E-state index in [4.69, 9.17) is 0 Å². The first kappa shape index (κ1) is 11.3. The van der Waals surface area contributed by atoms with Gasteiger partial charge in [-0.1, -0.05) is 38.1 Å². The highest BCUT2D eigenvalue weighted by Crippen LogP contribution is 2.23. The van der Waals surface area contributed by atoms with E-state index in [2.05, 4.69) is 29.2 Å². The Balaban J connectivity index is 2.24. The number of hydrogen-bond donors (Lipinski definition) is 0. The molecule has 0 aliphatic carbocycles. The van der Waals surface area contributed by atoms with E-state index < -0.39 is 0 Å². The number of carbonyl (C=O) groups is 1. The first-order valence-corrected chi connectivity index (χ1v) is 5.90. The minimum absolute atomic E-state index is 0.0647. The van der Waals surface area contributed by atoms with Gasteiger partial charge in [-0.3, -0.25) is 9.69 Å². The summed E-state index contributed by atoms with van der Waals surface area (Å²) in [6.07, 6.45) is 0.865. The zero-order valence-corrected chi connectivity index (χ0v) is 10.2. The summed E-state index contributed by atoms with van der Waals surface area (Å²) in [6.45, 7) is 4.85. The first-order chi connectivity index (χ1) is 7.59. The maximum absolute atomic E-state index is 12.1. The molecule has 0 bridgehead atoms. The molecule has 2 heteroatoms. The normalized spacial score (nSPS) is 20.9. The first-order valence-electron chi connectivity index (χ1n) is 5.90. The second kappa shape index (κ2) is 4.38. The number of ketones is 1. The smallest absolute Gasteiger partial charge is 0.152 e. The van der Waals surface area contributed by atoms with E-state index >= 15 is 0 Å². The molecule has 1 atom stereocenters. The van der Waals surface area contributed by atoms with Crippen LogP contribution in [0.5, 0.6) is 0 Å². The maximum atomic E-state index is 12.1. The predicted molar refractivity (Wildman–Crippen MR) is 65.2 cm³/mol. The predicted octanol–water partition coefficient (Wildman–Crippen LogP) is 2.27. The van der Waals surface area contributed by atoms with Crippen molar-refractivity contribution in [3.63, 3.8) is 0 Å². The van der Waals surface area contributed by atoms with Crippen LogP contribution in [0, 0.1) is 5.92 Å². The highest BCUT2D eigenvalue weighted by atomic mass is 16.1. The molecule has 1 heterocycles. The van der Waals surface area contributed by atoms with Gasteiger partial charge in [0.1, 0.15) is 0 Å². The molecule has 1 aliphatic rings. The van der Waals surface area contributed by atoms with Crippen molar-refractivity contribution in [2.75, 3.05) is 7.05 Å². The summed E-state index contributed by atoms with van der Waals surface area (Å²) in [5, 5.41) is 0. The van der Waals surface area contributed by atoms with Gasteiger partial charge in [0.05, 0.1) is 6.04 Å². The number of carbonyl (C=O) groups excluding carboxylic acids is 1. The highest BCUT2D eigenvalue weighted by Gasteiger charge is 2.29. The minimum atomic E-state index is 0.0647. The van der Waals surface area contributed by atoms with Gasteiger partial charge in [-0.15, -0.1) is 0 Å². The van der Waals surface area contributed by atoms with Gasteiger partial charge < -0.3 is 0 Å².